The van der Waals surface area contributed by atoms with E-state index in [1.165, 1.54) is 11.3 Å². The molecular formula is C16H16N2O2S. The first kappa shape index (κ1) is 15.2. The van der Waals surface area contributed by atoms with E-state index in [-0.39, 0.29) is 12.5 Å². The Kier molecular flexibility index (Phi) is 5.50. The Bertz CT molecular complexity index is 683. The molecule has 0 saturated heterocycles. The molecule has 0 aliphatic heterocycles. The lowest BCUT2D eigenvalue weighted by Gasteiger charge is -2.05. The molecule has 0 bridgehead atoms. The van der Waals surface area contributed by atoms with Gasteiger partial charge in [0, 0.05) is 18.5 Å². The van der Waals surface area contributed by atoms with E-state index in [1.807, 2.05) is 31.2 Å². The number of carbonyl (C=O) groups is 1. The number of rotatable bonds is 4. The minimum atomic E-state index is -0.105. The van der Waals surface area contributed by atoms with E-state index < -0.39 is 0 Å². The van der Waals surface area contributed by atoms with Crippen LogP contribution in [0.4, 0.5) is 0 Å². The van der Waals surface area contributed by atoms with Gasteiger partial charge in [0.1, 0.15) is 4.88 Å². The van der Waals surface area contributed by atoms with E-state index >= 15 is 0 Å². The molecule has 5 heteroatoms. The van der Waals surface area contributed by atoms with Crippen LogP contribution < -0.4 is 5.32 Å². The van der Waals surface area contributed by atoms with Gasteiger partial charge in [-0.15, -0.1) is 11.3 Å². The van der Waals surface area contributed by atoms with Gasteiger partial charge in [-0.25, -0.2) is 4.98 Å². The topological polar surface area (TPSA) is 62.2 Å². The second-order valence-corrected chi connectivity index (χ2v) is 5.28. The van der Waals surface area contributed by atoms with E-state index in [1.54, 1.807) is 5.51 Å². The highest BCUT2D eigenvalue weighted by atomic mass is 32.1. The van der Waals surface area contributed by atoms with Gasteiger partial charge in [0.05, 0.1) is 17.8 Å². The zero-order chi connectivity index (χ0) is 15.1. The molecule has 0 unspecified atom stereocenters. The molecule has 21 heavy (non-hydrogen) atoms. The molecule has 1 amide bonds. The molecule has 0 aliphatic carbocycles. The maximum atomic E-state index is 12.0. The van der Waals surface area contributed by atoms with Crippen LogP contribution in [-0.4, -0.2) is 22.6 Å². The van der Waals surface area contributed by atoms with Crippen molar-refractivity contribution in [3.63, 3.8) is 0 Å². The summed E-state index contributed by atoms with van der Waals surface area (Å²) < 4.78 is 0. The molecule has 108 valence electrons. The first-order chi connectivity index (χ1) is 10.2. The number of hydrogen-bond acceptors (Lipinski definition) is 4. The van der Waals surface area contributed by atoms with Crippen molar-refractivity contribution in [3.8, 4) is 11.8 Å². The lowest BCUT2D eigenvalue weighted by molar-refractivity contribution is 0.0954. The zero-order valence-electron chi connectivity index (χ0n) is 11.7. The van der Waals surface area contributed by atoms with E-state index in [9.17, 15) is 4.79 Å². The third-order valence-corrected chi connectivity index (χ3v) is 3.73. The van der Waals surface area contributed by atoms with E-state index in [0.29, 0.717) is 17.8 Å². The second-order valence-electron chi connectivity index (χ2n) is 4.43. The Morgan fingerprint density at radius 2 is 2.33 bits per heavy atom. The number of aliphatic hydroxyl groups excluding tert-OH is 1. The quantitative estimate of drug-likeness (QED) is 0.850. The molecule has 1 heterocycles. The number of carbonyl (C=O) groups excluding carboxylic acids is 1. The van der Waals surface area contributed by atoms with Crippen LogP contribution in [0.3, 0.4) is 0 Å². The molecule has 0 fully saturated rings. The molecule has 2 N–H and O–H groups in total. The number of aromatic nitrogens is 1. The maximum Gasteiger partial charge on any atom is 0.263 e. The Balaban J connectivity index is 1.98. The van der Waals surface area contributed by atoms with Gasteiger partial charge in [-0.05, 0) is 24.6 Å². The lowest BCUT2D eigenvalue weighted by atomic mass is 10.1. The number of thiazole rings is 1. The summed E-state index contributed by atoms with van der Waals surface area (Å²) in [6.07, 6.45) is 0.464. The fourth-order valence-electron chi connectivity index (χ4n) is 1.76. The van der Waals surface area contributed by atoms with Gasteiger partial charge in [-0.3, -0.25) is 4.79 Å². The lowest BCUT2D eigenvalue weighted by Crippen LogP contribution is -2.22. The number of nitrogens with zero attached hydrogens (tertiary/aromatic N) is 1. The summed E-state index contributed by atoms with van der Waals surface area (Å²) in [5.41, 5.74) is 4.29. The van der Waals surface area contributed by atoms with Crippen LogP contribution in [0.25, 0.3) is 0 Å². The predicted molar refractivity (Wildman–Crippen MR) is 83.0 cm³/mol. The number of amides is 1. The van der Waals surface area contributed by atoms with E-state index in [0.717, 1.165) is 16.8 Å². The molecule has 0 spiro atoms. The molecule has 0 saturated carbocycles. The maximum absolute atomic E-state index is 12.0. The summed E-state index contributed by atoms with van der Waals surface area (Å²) in [6.45, 7) is 2.34. The monoisotopic (exact) mass is 300 g/mol. The second kappa shape index (κ2) is 7.58. The molecule has 0 radical (unpaired) electrons. The van der Waals surface area contributed by atoms with E-state index in [4.69, 9.17) is 5.11 Å². The van der Waals surface area contributed by atoms with E-state index in [2.05, 4.69) is 22.1 Å². The van der Waals surface area contributed by atoms with Gasteiger partial charge in [0.2, 0.25) is 0 Å². The average Bonchev–Trinajstić information content (AvgIpc) is 2.92. The summed E-state index contributed by atoms with van der Waals surface area (Å²) in [5.74, 6) is 5.75. The fraction of sp³-hybridized carbons (Fsp3) is 0.250. The van der Waals surface area contributed by atoms with Crippen molar-refractivity contribution in [1.82, 2.24) is 10.3 Å². The number of aliphatic hydroxyl groups is 1. The van der Waals surface area contributed by atoms with Crippen molar-refractivity contribution in [2.24, 2.45) is 0 Å². The first-order valence-corrected chi connectivity index (χ1v) is 7.45. The van der Waals surface area contributed by atoms with Crippen molar-refractivity contribution in [2.75, 3.05) is 6.61 Å². The molecule has 1 aromatic carbocycles. The van der Waals surface area contributed by atoms with Crippen LogP contribution >= 0.6 is 11.3 Å². The van der Waals surface area contributed by atoms with Crippen molar-refractivity contribution in [3.05, 3.63) is 51.5 Å². The summed E-state index contributed by atoms with van der Waals surface area (Å²) in [4.78, 5) is 16.7. The molecule has 0 aliphatic rings. The summed E-state index contributed by atoms with van der Waals surface area (Å²) in [5, 5.41) is 11.6. The van der Waals surface area contributed by atoms with Crippen molar-refractivity contribution >= 4 is 17.2 Å². The standard InChI is InChI=1S/C16H16N2O2S/c1-12-15(21-11-18-12)16(20)17-10-14-7-4-6-13(9-14)5-2-3-8-19/h4,6-7,9,11,19H,3,8,10H2,1H3,(H,17,20). The molecule has 1 aromatic heterocycles. The van der Waals surface area contributed by atoms with Crippen LogP contribution in [-0.2, 0) is 6.54 Å². The average molecular weight is 300 g/mol. The van der Waals surface area contributed by atoms with Crippen molar-refractivity contribution < 1.29 is 9.90 Å². The molecule has 0 atom stereocenters. The molecule has 2 aromatic rings. The SMILES string of the molecule is Cc1ncsc1C(=O)NCc1cccc(C#CCCO)c1. The number of nitrogens with one attached hydrogen (secondary N) is 1. The molecule has 2 rings (SSSR count). The van der Waals surface area contributed by atoms with Gasteiger partial charge in [0.25, 0.3) is 5.91 Å². The highest BCUT2D eigenvalue weighted by Crippen LogP contribution is 2.12. The highest BCUT2D eigenvalue weighted by Gasteiger charge is 2.10. The Hall–Kier alpha value is -2.16. The van der Waals surface area contributed by atoms with Gasteiger partial charge in [-0.2, -0.15) is 0 Å². The smallest absolute Gasteiger partial charge is 0.263 e. The Labute approximate surface area is 127 Å². The normalized spacial score (nSPS) is 9.81. The Morgan fingerprint density at radius 1 is 1.48 bits per heavy atom. The number of benzene rings is 1. The van der Waals surface area contributed by atoms with Crippen LogP contribution in [0.2, 0.25) is 0 Å². The van der Waals surface area contributed by atoms with Gasteiger partial charge in [-0.1, -0.05) is 24.0 Å². The number of aryl methyl sites for hydroxylation is 1. The minimum Gasteiger partial charge on any atom is -0.395 e. The van der Waals surface area contributed by atoms with Crippen LogP contribution in [0.15, 0.2) is 29.8 Å². The summed E-state index contributed by atoms with van der Waals surface area (Å²) in [6, 6.07) is 7.69. The van der Waals surface area contributed by atoms with Crippen LogP contribution in [0.5, 0.6) is 0 Å². The Morgan fingerprint density at radius 3 is 3.05 bits per heavy atom. The highest BCUT2D eigenvalue weighted by molar-refractivity contribution is 7.11. The van der Waals surface area contributed by atoms with Crippen LogP contribution in [0.1, 0.15) is 32.9 Å². The van der Waals surface area contributed by atoms with Gasteiger partial charge in [0.15, 0.2) is 0 Å². The first-order valence-electron chi connectivity index (χ1n) is 6.57. The third-order valence-electron chi connectivity index (χ3n) is 2.80. The van der Waals surface area contributed by atoms with Gasteiger partial charge < -0.3 is 10.4 Å². The number of hydrogen-bond donors (Lipinski definition) is 2. The molecule has 4 nitrogen and oxygen atoms in total. The largest absolute Gasteiger partial charge is 0.395 e. The third kappa shape index (κ3) is 4.42. The summed E-state index contributed by atoms with van der Waals surface area (Å²) >= 11 is 1.34. The minimum absolute atomic E-state index is 0.0664. The predicted octanol–water partition coefficient (Wildman–Crippen LogP) is 2.12. The van der Waals surface area contributed by atoms with Crippen molar-refractivity contribution in [1.29, 1.82) is 0 Å². The van der Waals surface area contributed by atoms with Gasteiger partial charge >= 0.3 is 0 Å². The molecular weight excluding hydrogens is 284 g/mol. The summed E-state index contributed by atoms with van der Waals surface area (Å²) in [7, 11) is 0. The van der Waals surface area contributed by atoms with Crippen LogP contribution in [0, 0.1) is 18.8 Å². The zero-order valence-corrected chi connectivity index (χ0v) is 12.5. The van der Waals surface area contributed by atoms with Crippen molar-refractivity contribution in [2.45, 2.75) is 19.9 Å². The fourth-order valence-corrected chi connectivity index (χ4v) is 2.48.